The van der Waals surface area contributed by atoms with Gasteiger partial charge < -0.3 is 4.74 Å². The number of benzene rings is 1. The van der Waals surface area contributed by atoms with Crippen molar-refractivity contribution in [2.45, 2.75) is 51.8 Å². The molecule has 1 aliphatic carbocycles. The molecule has 0 fully saturated rings. The summed E-state index contributed by atoms with van der Waals surface area (Å²) in [6.07, 6.45) is 5.17. The van der Waals surface area contributed by atoms with Crippen molar-refractivity contribution in [2.75, 3.05) is 12.9 Å². The summed E-state index contributed by atoms with van der Waals surface area (Å²) in [4.78, 5) is 13.2. The van der Waals surface area contributed by atoms with Crippen LogP contribution in [0.3, 0.4) is 0 Å². The van der Waals surface area contributed by atoms with Crippen LogP contribution in [0.4, 0.5) is 0 Å². The van der Waals surface area contributed by atoms with Gasteiger partial charge in [-0.3, -0.25) is 4.79 Å². The van der Waals surface area contributed by atoms with E-state index in [0.29, 0.717) is 23.2 Å². The van der Waals surface area contributed by atoms with Crippen molar-refractivity contribution < 1.29 is 9.53 Å². The highest BCUT2D eigenvalue weighted by Gasteiger charge is 2.27. The van der Waals surface area contributed by atoms with E-state index in [1.807, 2.05) is 24.8 Å². The Bertz CT molecular complexity index is 782. The van der Waals surface area contributed by atoms with Gasteiger partial charge in [0.05, 0.1) is 13.3 Å². The van der Waals surface area contributed by atoms with Gasteiger partial charge in [0.1, 0.15) is 5.56 Å². The van der Waals surface area contributed by atoms with Crippen molar-refractivity contribution in [3.63, 3.8) is 0 Å². The number of aromatic nitrogens is 2. The molecule has 0 spiro atoms. The Morgan fingerprint density at radius 1 is 1.36 bits per heavy atom. The van der Waals surface area contributed by atoms with Gasteiger partial charge in [-0.1, -0.05) is 19.1 Å². The quantitative estimate of drug-likeness (QED) is 0.709. The fraction of sp³-hybridized carbons (Fsp3) is 0.500. The number of ketones is 1. The molecule has 0 saturated heterocycles. The third-order valence-electron chi connectivity index (χ3n) is 4.98. The SMILES string of the molecule is CCSC1CCCc2ccc(C(=O)c3cnn(CC)c3OC)c(C)c21. The molecule has 1 atom stereocenters. The Labute approximate surface area is 154 Å². The van der Waals surface area contributed by atoms with Crippen molar-refractivity contribution in [1.82, 2.24) is 9.78 Å². The maximum atomic E-state index is 13.2. The number of methoxy groups -OCH3 is 1. The van der Waals surface area contributed by atoms with Crippen molar-refractivity contribution >= 4 is 17.5 Å². The summed E-state index contributed by atoms with van der Waals surface area (Å²) in [6.45, 7) is 6.96. The second-order valence-corrected chi connectivity index (χ2v) is 7.84. The van der Waals surface area contributed by atoms with Crippen molar-refractivity contribution in [3.05, 3.63) is 46.1 Å². The van der Waals surface area contributed by atoms with Crippen LogP contribution in [-0.2, 0) is 13.0 Å². The number of fused-ring (bicyclic) bond motifs is 1. The van der Waals surface area contributed by atoms with Crippen molar-refractivity contribution in [2.24, 2.45) is 0 Å². The monoisotopic (exact) mass is 358 g/mol. The molecule has 4 nitrogen and oxygen atoms in total. The van der Waals surface area contributed by atoms with E-state index in [0.717, 1.165) is 23.3 Å². The molecule has 1 aromatic carbocycles. The van der Waals surface area contributed by atoms with Crippen LogP contribution in [0.2, 0.25) is 0 Å². The summed E-state index contributed by atoms with van der Waals surface area (Å²) >= 11 is 1.99. The average Bonchev–Trinajstić information content (AvgIpc) is 3.05. The minimum absolute atomic E-state index is 0.00247. The molecule has 0 N–H and O–H groups in total. The Hall–Kier alpha value is -1.75. The van der Waals surface area contributed by atoms with Crippen LogP contribution in [-0.4, -0.2) is 28.4 Å². The molecule has 1 aliphatic rings. The fourth-order valence-electron chi connectivity index (χ4n) is 3.80. The summed E-state index contributed by atoms with van der Waals surface area (Å²) in [5.41, 5.74) is 5.23. The zero-order valence-corrected chi connectivity index (χ0v) is 16.3. The number of aryl methyl sites for hydroxylation is 2. The van der Waals surface area contributed by atoms with Gasteiger partial charge in [-0.05, 0) is 55.6 Å². The topological polar surface area (TPSA) is 44.1 Å². The molecule has 134 valence electrons. The lowest BCUT2D eigenvalue weighted by atomic mass is 9.84. The first-order valence-electron chi connectivity index (χ1n) is 9.00. The Balaban J connectivity index is 2.05. The largest absolute Gasteiger partial charge is 0.481 e. The molecule has 0 saturated carbocycles. The highest BCUT2D eigenvalue weighted by atomic mass is 32.2. The molecule has 5 heteroatoms. The van der Waals surface area contributed by atoms with Crippen molar-refractivity contribution in [3.8, 4) is 5.88 Å². The second kappa shape index (κ2) is 7.65. The molecule has 0 radical (unpaired) electrons. The summed E-state index contributed by atoms with van der Waals surface area (Å²) < 4.78 is 7.16. The Kier molecular flexibility index (Phi) is 5.52. The van der Waals surface area contributed by atoms with Crippen LogP contribution in [0, 0.1) is 6.92 Å². The molecule has 0 amide bonds. The van der Waals surface area contributed by atoms with E-state index in [2.05, 4.69) is 25.0 Å². The minimum atomic E-state index is 0.00247. The standard InChI is InChI=1S/C20H26N2O2S/c1-5-22-20(24-4)16(12-21-22)19(23)15-11-10-14-8-7-9-17(25-6-2)18(14)13(15)3/h10-12,17H,5-9H2,1-4H3. The third kappa shape index (κ3) is 3.22. The normalized spacial score (nSPS) is 16.6. The van der Waals surface area contributed by atoms with E-state index in [4.69, 9.17) is 4.74 Å². The molecule has 3 rings (SSSR count). The first-order valence-corrected chi connectivity index (χ1v) is 10.1. The first kappa shape index (κ1) is 18.1. The van der Waals surface area contributed by atoms with E-state index in [1.165, 1.54) is 24.0 Å². The Morgan fingerprint density at radius 2 is 2.16 bits per heavy atom. The molecule has 1 heterocycles. The number of hydrogen-bond donors (Lipinski definition) is 0. The molecule has 0 aliphatic heterocycles. The van der Waals surface area contributed by atoms with Gasteiger partial charge in [0.25, 0.3) is 0 Å². The summed E-state index contributed by atoms with van der Waals surface area (Å²) in [5, 5.41) is 4.78. The van der Waals surface area contributed by atoms with Gasteiger partial charge in [-0.25, -0.2) is 4.68 Å². The zero-order chi connectivity index (χ0) is 18.0. The Morgan fingerprint density at radius 3 is 2.84 bits per heavy atom. The van der Waals surface area contributed by atoms with Crippen LogP contribution in [0.25, 0.3) is 0 Å². The van der Waals surface area contributed by atoms with Crippen LogP contribution in [0.5, 0.6) is 5.88 Å². The summed E-state index contributed by atoms with van der Waals surface area (Å²) in [7, 11) is 1.59. The van der Waals surface area contributed by atoms with Gasteiger partial charge in [0.15, 0.2) is 5.78 Å². The predicted octanol–water partition coefficient (Wildman–Crippen LogP) is 4.58. The average molecular weight is 359 g/mol. The van der Waals surface area contributed by atoms with Crippen LogP contribution < -0.4 is 4.74 Å². The second-order valence-electron chi connectivity index (χ2n) is 6.36. The summed E-state index contributed by atoms with van der Waals surface area (Å²) in [6, 6.07) is 4.13. The minimum Gasteiger partial charge on any atom is -0.481 e. The lowest BCUT2D eigenvalue weighted by molar-refractivity contribution is 0.103. The summed E-state index contributed by atoms with van der Waals surface area (Å²) in [5.74, 6) is 1.64. The van der Waals surface area contributed by atoms with Gasteiger partial charge in [-0.2, -0.15) is 16.9 Å². The number of carbonyl (C=O) groups excluding carboxylic acids is 1. The molecule has 1 unspecified atom stereocenters. The van der Waals surface area contributed by atoms with Gasteiger partial charge in [0, 0.05) is 17.4 Å². The van der Waals surface area contributed by atoms with E-state index < -0.39 is 0 Å². The molecule has 2 aromatic rings. The van der Waals surface area contributed by atoms with Gasteiger partial charge in [-0.15, -0.1) is 0 Å². The number of ether oxygens (including phenoxy) is 1. The molecule has 0 bridgehead atoms. The number of nitrogens with zero attached hydrogens (tertiary/aromatic N) is 2. The lowest BCUT2D eigenvalue weighted by Crippen LogP contribution is -2.14. The van der Waals surface area contributed by atoms with Gasteiger partial charge in [0.2, 0.25) is 5.88 Å². The van der Waals surface area contributed by atoms with E-state index in [9.17, 15) is 4.79 Å². The number of carbonyl (C=O) groups is 1. The molecular formula is C20H26N2O2S. The van der Waals surface area contributed by atoms with E-state index in [1.54, 1.807) is 18.0 Å². The molecular weight excluding hydrogens is 332 g/mol. The number of hydrogen-bond acceptors (Lipinski definition) is 4. The smallest absolute Gasteiger partial charge is 0.223 e. The first-order chi connectivity index (χ1) is 12.1. The van der Waals surface area contributed by atoms with Crippen molar-refractivity contribution in [1.29, 1.82) is 0 Å². The predicted molar refractivity (Wildman–Crippen MR) is 103 cm³/mol. The van der Waals surface area contributed by atoms with Gasteiger partial charge >= 0.3 is 0 Å². The highest BCUT2D eigenvalue weighted by Crippen LogP contribution is 2.42. The molecule has 1 aromatic heterocycles. The molecule has 25 heavy (non-hydrogen) atoms. The zero-order valence-electron chi connectivity index (χ0n) is 15.5. The lowest BCUT2D eigenvalue weighted by Gasteiger charge is -2.28. The van der Waals surface area contributed by atoms with E-state index in [-0.39, 0.29) is 5.78 Å². The third-order valence-corrected chi connectivity index (χ3v) is 6.19. The van der Waals surface area contributed by atoms with Crippen LogP contribution in [0.15, 0.2) is 18.3 Å². The maximum Gasteiger partial charge on any atom is 0.223 e. The van der Waals surface area contributed by atoms with E-state index >= 15 is 0 Å². The van der Waals surface area contributed by atoms with Crippen LogP contribution >= 0.6 is 11.8 Å². The number of thioether (sulfide) groups is 1. The highest BCUT2D eigenvalue weighted by molar-refractivity contribution is 7.99. The fourth-order valence-corrected chi connectivity index (χ4v) is 5.03. The maximum absolute atomic E-state index is 13.2. The van der Waals surface area contributed by atoms with Crippen LogP contribution in [0.1, 0.15) is 64.6 Å². The number of rotatable bonds is 6.